The summed E-state index contributed by atoms with van der Waals surface area (Å²) in [6, 6.07) is 9.09. The third-order valence-corrected chi connectivity index (χ3v) is 3.62. The van der Waals surface area contributed by atoms with Crippen molar-refractivity contribution in [2.75, 3.05) is 19.8 Å². The van der Waals surface area contributed by atoms with Gasteiger partial charge in [-0.15, -0.1) is 0 Å². The first-order valence-electron chi connectivity index (χ1n) is 6.46. The zero-order valence-corrected chi connectivity index (χ0v) is 10.5. The molecule has 1 saturated carbocycles. The second-order valence-electron chi connectivity index (χ2n) is 4.91. The number of amides is 1. The molecular formula is C14H16FNO3. The van der Waals surface area contributed by atoms with Crippen LogP contribution in [0.1, 0.15) is 5.56 Å². The first-order valence-corrected chi connectivity index (χ1v) is 6.46. The Labute approximate surface area is 111 Å². The number of rotatable bonds is 2. The lowest BCUT2D eigenvalue weighted by Crippen LogP contribution is -2.36. The highest BCUT2D eigenvalue weighted by Crippen LogP contribution is 2.41. The molecule has 3 rings (SSSR count). The Balaban J connectivity index is 1.58. The first-order chi connectivity index (χ1) is 9.27. The molecule has 4 nitrogen and oxygen atoms in total. The fourth-order valence-corrected chi connectivity index (χ4v) is 2.46. The van der Waals surface area contributed by atoms with Crippen LogP contribution >= 0.6 is 0 Å². The molecule has 2 fully saturated rings. The standard InChI is InChI=1S/C14H16FNO3/c15-12-11-9-18-7-6-16(13(11)12)14(17)19-8-10-4-2-1-3-5-10/h1-5,11-13H,6-9H2/t11?,12-,13-/m0/s1. The van der Waals surface area contributed by atoms with Gasteiger partial charge < -0.3 is 9.47 Å². The van der Waals surface area contributed by atoms with Gasteiger partial charge in [-0.2, -0.15) is 0 Å². The number of hydrogen-bond donors (Lipinski definition) is 0. The van der Waals surface area contributed by atoms with Crippen molar-refractivity contribution < 1.29 is 18.7 Å². The summed E-state index contributed by atoms with van der Waals surface area (Å²) in [5.41, 5.74) is 0.922. The Morgan fingerprint density at radius 3 is 3.00 bits per heavy atom. The highest BCUT2D eigenvalue weighted by Gasteiger charge is 2.57. The van der Waals surface area contributed by atoms with E-state index in [-0.39, 0.29) is 18.6 Å². The number of benzene rings is 1. The zero-order chi connectivity index (χ0) is 13.2. The Bertz CT molecular complexity index is 453. The third kappa shape index (κ3) is 2.56. The first kappa shape index (κ1) is 12.4. The second-order valence-corrected chi connectivity index (χ2v) is 4.91. The van der Waals surface area contributed by atoms with Crippen molar-refractivity contribution in [3.05, 3.63) is 35.9 Å². The van der Waals surface area contributed by atoms with E-state index in [9.17, 15) is 9.18 Å². The monoisotopic (exact) mass is 265 g/mol. The molecule has 1 aromatic rings. The highest BCUT2D eigenvalue weighted by molar-refractivity contribution is 5.69. The van der Waals surface area contributed by atoms with Crippen LogP contribution in [-0.4, -0.2) is 43.0 Å². The minimum atomic E-state index is -0.968. The average Bonchev–Trinajstić information content (AvgIpc) is 3.13. The van der Waals surface area contributed by atoms with Crippen LogP contribution in [-0.2, 0) is 16.1 Å². The summed E-state index contributed by atoms with van der Waals surface area (Å²) in [4.78, 5) is 13.5. The molecule has 0 bridgehead atoms. The number of ether oxygens (including phenoxy) is 2. The number of nitrogens with zero attached hydrogens (tertiary/aromatic N) is 1. The van der Waals surface area contributed by atoms with Gasteiger partial charge in [0.05, 0.1) is 19.3 Å². The predicted octanol–water partition coefficient (Wildman–Crippen LogP) is 1.99. The normalized spacial score (nSPS) is 29.3. The summed E-state index contributed by atoms with van der Waals surface area (Å²) in [5.74, 6) is -0.174. The summed E-state index contributed by atoms with van der Waals surface area (Å²) in [6.07, 6.45) is -1.42. The molecule has 0 spiro atoms. The van der Waals surface area contributed by atoms with Gasteiger partial charge in [0.2, 0.25) is 0 Å². The van der Waals surface area contributed by atoms with Gasteiger partial charge in [0.15, 0.2) is 0 Å². The molecule has 1 amide bonds. The lowest BCUT2D eigenvalue weighted by Gasteiger charge is -2.20. The molecular weight excluding hydrogens is 249 g/mol. The van der Waals surface area contributed by atoms with E-state index >= 15 is 0 Å². The summed E-state index contributed by atoms with van der Waals surface area (Å²) in [7, 11) is 0. The van der Waals surface area contributed by atoms with E-state index in [1.807, 2.05) is 30.3 Å². The second kappa shape index (κ2) is 5.17. The largest absolute Gasteiger partial charge is 0.445 e. The Kier molecular flexibility index (Phi) is 3.38. The van der Waals surface area contributed by atoms with Gasteiger partial charge in [-0.25, -0.2) is 9.18 Å². The van der Waals surface area contributed by atoms with Crippen LogP contribution in [0.15, 0.2) is 30.3 Å². The molecule has 1 saturated heterocycles. The maximum atomic E-state index is 13.5. The van der Waals surface area contributed by atoms with Crippen molar-refractivity contribution in [3.63, 3.8) is 0 Å². The van der Waals surface area contributed by atoms with Crippen molar-refractivity contribution in [1.29, 1.82) is 0 Å². The lowest BCUT2D eigenvalue weighted by atomic mass is 10.2. The van der Waals surface area contributed by atoms with E-state index in [0.717, 1.165) is 5.56 Å². The predicted molar refractivity (Wildman–Crippen MR) is 66.3 cm³/mol. The van der Waals surface area contributed by atoms with E-state index in [4.69, 9.17) is 9.47 Å². The topological polar surface area (TPSA) is 38.8 Å². The van der Waals surface area contributed by atoms with Gasteiger partial charge in [0.1, 0.15) is 12.8 Å². The van der Waals surface area contributed by atoms with Crippen LogP contribution < -0.4 is 0 Å². The number of fused-ring (bicyclic) bond motifs is 1. The summed E-state index contributed by atoms with van der Waals surface area (Å²) < 4.78 is 24.0. The summed E-state index contributed by atoms with van der Waals surface area (Å²) in [5, 5.41) is 0. The van der Waals surface area contributed by atoms with Gasteiger partial charge in [-0.05, 0) is 5.56 Å². The fourth-order valence-electron chi connectivity index (χ4n) is 2.46. The molecule has 1 aliphatic heterocycles. The smallest absolute Gasteiger partial charge is 0.410 e. The van der Waals surface area contributed by atoms with Crippen molar-refractivity contribution in [3.8, 4) is 0 Å². The molecule has 102 valence electrons. The van der Waals surface area contributed by atoms with Crippen molar-refractivity contribution in [2.45, 2.75) is 18.8 Å². The third-order valence-electron chi connectivity index (χ3n) is 3.62. The number of carbonyl (C=O) groups excluding carboxylic acids is 1. The van der Waals surface area contributed by atoms with Crippen LogP contribution in [0.4, 0.5) is 9.18 Å². The van der Waals surface area contributed by atoms with Gasteiger partial charge in [0, 0.05) is 12.5 Å². The molecule has 19 heavy (non-hydrogen) atoms. The zero-order valence-electron chi connectivity index (χ0n) is 10.5. The number of hydrogen-bond acceptors (Lipinski definition) is 3. The molecule has 3 atom stereocenters. The number of halogens is 1. The van der Waals surface area contributed by atoms with Gasteiger partial charge in [0.25, 0.3) is 0 Å². The van der Waals surface area contributed by atoms with Crippen LogP contribution in [0.2, 0.25) is 0 Å². The van der Waals surface area contributed by atoms with Crippen molar-refractivity contribution >= 4 is 6.09 Å². The average molecular weight is 265 g/mol. The quantitative estimate of drug-likeness (QED) is 0.821. The van der Waals surface area contributed by atoms with E-state index in [1.54, 1.807) is 0 Å². The highest BCUT2D eigenvalue weighted by atomic mass is 19.1. The minimum absolute atomic E-state index is 0.174. The van der Waals surface area contributed by atoms with Gasteiger partial charge in [-0.1, -0.05) is 30.3 Å². The molecule has 0 aromatic heterocycles. The molecule has 5 heteroatoms. The summed E-state index contributed by atoms with van der Waals surface area (Å²) in [6.45, 7) is 1.45. The maximum absolute atomic E-state index is 13.5. The van der Waals surface area contributed by atoms with E-state index in [0.29, 0.717) is 19.8 Å². The molecule has 1 heterocycles. The van der Waals surface area contributed by atoms with E-state index < -0.39 is 12.3 Å². The molecule has 1 aromatic carbocycles. The fraction of sp³-hybridized carbons (Fsp3) is 0.500. The van der Waals surface area contributed by atoms with Crippen LogP contribution in [0.25, 0.3) is 0 Å². The minimum Gasteiger partial charge on any atom is -0.445 e. The van der Waals surface area contributed by atoms with Crippen LogP contribution in [0.5, 0.6) is 0 Å². The molecule has 0 radical (unpaired) electrons. The van der Waals surface area contributed by atoms with E-state index in [2.05, 4.69) is 0 Å². The van der Waals surface area contributed by atoms with Gasteiger partial charge >= 0.3 is 6.09 Å². The molecule has 1 aliphatic carbocycles. The lowest BCUT2D eigenvalue weighted by molar-refractivity contribution is 0.0769. The Morgan fingerprint density at radius 2 is 2.21 bits per heavy atom. The van der Waals surface area contributed by atoms with Crippen molar-refractivity contribution in [2.24, 2.45) is 5.92 Å². The number of alkyl halides is 1. The van der Waals surface area contributed by atoms with Crippen LogP contribution in [0.3, 0.4) is 0 Å². The molecule has 2 aliphatic rings. The SMILES string of the molecule is O=C(OCc1ccccc1)N1CCOCC2[C@H](F)[C@H]21. The van der Waals surface area contributed by atoms with Crippen LogP contribution in [0, 0.1) is 5.92 Å². The van der Waals surface area contributed by atoms with Gasteiger partial charge in [-0.3, -0.25) is 4.90 Å². The molecule has 0 N–H and O–H groups in total. The molecule has 1 unspecified atom stereocenters. The van der Waals surface area contributed by atoms with E-state index in [1.165, 1.54) is 4.90 Å². The number of carbonyl (C=O) groups is 1. The Morgan fingerprint density at radius 1 is 1.42 bits per heavy atom. The Hall–Kier alpha value is -1.62. The summed E-state index contributed by atoms with van der Waals surface area (Å²) >= 11 is 0. The van der Waals surface area contributed by atoms with Crippen molar-refractivity contribution in [1.82, 2.24) is 4.90 Å². The maximum Gasteiger partial charge on any atom is 0.410 e.